The molecule has 9 heteroatoms. The third-order valence-electron chi connectivity index (χ3n) is 3.61. The van der Waals surface area contributed by atoms with Gasteiger partial charge in [0.1, 0.15) is 12.1 Å². The van der Waals surface area contributed by atoms with Gasteiger partial charge in [-0.3, -0.25) is 9.48 Å². The average Bonchev–Trinajstić information content (AvgIpc) is 3.19. The van der Waals surface area contributed by atoms with E-state index in [0.717, 1.165) is 5.52 Å². The molecule has 0 saturated heterocycles. The number of ether oxygens (including phenoxy) is 1. The molecule has 0 aliphatic rings. The monoisotopic (exact) mass is 356 g/mol. The zero-order valence-electron chi connectivity index (χ0n) is 14.8. The number of benzene rings is 1. The second kappa shape index (κ2) is 7.34. The number of nitrogens with one attached hydrogen (secondary N) is 1. The topological polar surface area (TPSA) is 104 Å². The molecule has 1 amide bonds. The van der Waals surface area contributed by atoms with Gasteiger partial charge in [0.2, 0.25) is 5.91 Å². The van der Waals surface area contributed by atoms with Gasteiger partial charge < -0.3 is 10.1 Å². The number of rotatable bonds is 6. The molecule has 3 aromatic rings. The maximum atomic E-state index is 12.4. The van der Waals surface area contributed by atoms with Gasteiger partial charge in [0, 0.05) is 12.7 Å². The van der Waals surface area contributed by atoms with Gasteiger partial charge in [0.15, 0.2) is 5.69 Å². The number of para-hydroxylation sites is 1. The molecule has 1 N–H and O–H groups in total. The molecule has 2 heterocycles. The van der Waals surface area contributed by atoms with Gasteiger partial charge in [-0.2, -0.15) is 5.10 Å². The third kappa shape index (κ3) is 3.71. The Kier molecular flexibility index (Phi) is 4.97. The van der Waals surface area contributed by atoms with Crippen LogP contribution in [0.1, 0.15) is 31.3 Å². The summed E-state index contributed by atoms with van der Waals surface area (Å²) >= 11 is 0. The van der Waals surface area contributed by atoms with Gasteiger partial charge >= 0.3 is 5.97 Å². The predicted molar refractivity (Wildman–Crippen MR) is 94.6 cm³/mol. The van der Waals surface area contributed by atoms with Crippen molar-refractivity contribution in [1.82, 2.24) is 24.8 Å². The number of anilines is 1. The minimum atomic E-state index is -0.575. The van der Waals surface area contributed by atoms with Crippen LogP contribution in [0, 0.1) is 0 Å². The summed E-state index contributed by atoms with van der Waals surface area (Å²) in [4.78, 5) is 24.6. The van der Waals surface area contributed by atoms with Crippen LogP contribution in [0.25, 0.3) is 11.0 Å². The highest BCUT2D eigenvalue weighted by Gasteiger charge is 2.21. The van der Waals surface area contributed by atoms with E-state index in [0.29, 0.717) is 17.7 Å². The molecule has 9 nitrogen and oxygen atoms in total. The molecule has 3 rings (SSSR count). The van der Waals surface area contributed by atoms with E-state index in [1.807, 2.05) is 31.2 Å². The summed E-state index contributed by atoms with van der Waals surface area (Å²) < 4.78 is 8.25. The number of amides is 1. The van der Waals surface area contributed by atoms with E-state index in [4.69, 9.17) is 4.74 Å². The highest BCUT2D eigenvalue weighted by atomic mass is 16.5. The smallest absolute Gasteiger partial charge is 0.361 e. The molecular formula is C17H20N6O3. The van der Waals surface area contributed by atoms with Gasteiger partial charge in [-0.1, -0.05) is 17.3 Å². The highest BCUT2D eigenvalue weighted by molar-refractivity contribution is 6.00. The van der Waals surface area contributed by atoms with E-state index in [-0.39, 0.29) is 24.2 Å². The molecule has 0 bridgehead atoms. The van der Waals surface area contributed by atoms with Crippen molar-refractivity contribution in [2.75, 3.05) is 5.32 Å². The van der Waals surface area contributed by atoms with Gasteiger partial charge in [-0.05, 0) is 32.9 Å². The standard InChI is InChI=1S/C17H20N6O3/c1-4-22-9-13(16(20-22)17(25)26-11(2)3)18-15(24)10-23-14-8-6-5-7-12(14)19-21-23/h5-9,11H,4,10H2,1-3H3,(H,18,24). The summed E-state index contributed by atoms with van der Waals surface area (Å²) in [7, 11) is 0. The number of aromatic nitrogens is 5. The lowest BCUT2D eigenvalue weighted by molar-refractivity contribution is -0.116. The zero-order valence-corrected chi connectivity index (χ0v) is 14.8. The fourth-order valence-corrected chi connectivity index (χ4v) is 2.46. The van der Waals surface area contributed by atoms with Crippen LogP contribution in [0.2, 0.25) is 0 Å². The molecule has 0 atom stereocenters. The molecule has 0 fully saturated rings. The Balaban J connectivity index is 1.78. The summed E-state index contributed by atoms with van der Waals surface area (Å²) in [6.07, 6.45) is 1.33. The van der Waals surface area contributed by atoms with Crippen LogP contribution in [0.3, 0.4) is 0 Å². The Labute approximate surface area is 149 Å². The highest BCUT2D eigenvalue weighted by Crippen LogP contribution is 2.17. The minimum absolute atomic E-state index is 0.0313. The van der Waals surface area contributed by atoms with Crippen molar-refractivity contribution in [3.8, 4) is 0 Å². The Morgan fingerprint density at radius 1 is 1.27 bits per heavy atom. The van der Waals surface area contributed by atoms with Crippen molar-refractivity contribution >= 4 is 28.6 Å². The summed E-state index contributed by atoms with van der Waals surface area (Å²) in [6.45, 7) is 5.92. The second-order valence-electron chi connectivity index (χ2n) is 5.99. The van der Waals surface area contributed by atoms with Crippen molar-refractivity contribution in [3.05, 3.63) is 36.2 Å². The maximum absolute atomic E-state index is 12.4. The van der Waals surface area contributed by atoms with E-state index >= 15 is 0 Å². The first kappa shape index (κ1) is 17.6. The third-order valence-corrected chi connectivity index (χ3v) is 3.61. The first-order valence-electron chi connectivity index (χ1n) is 8.34. The van der Waals surface area contributed by atoms with Crippen LogP contribution in [0.4, 0.5) is 5.69 Å². The summed E-state index contributed by atoms with van der Waals surface area (Å²) in [5, 5.41) is 14.9. The lowest BCUT2D eigenvalue weighted by Crippen LogP contribution is -2.21. The molecule has 0 aliphatic carbocycles. The van der Waals surface area contributed by atoms with E-state index in [2.05, 4.69) is 20.7 Å². The van der Waals surface area contributed by atoms with Crippen LogP contribution in [0.15, 0.2) is 30.5 Å². The molecular weight excluding hydrogens is 336 g/mol. The first-order chi connectivity index (χ1) is 12.5. The molecule has 1 aromatic carbocycles. The van der Waals surface area contributed by atoms with Crippen LogP contribution in [-0.2, 0) is 22.6 Å². The molecule has 0 radical (unpaired) electrons. The number of hydrogen-bond donors (Lipinski definition) is 1. The quantitative estimate of drug-likeness (QED) is 0.676. The van der Waals surface area contributed by atoms with E-state index < -0.39 is 5.97 Å². The number of esters is 1. The largest absolute Gasteiger partial charge is 0.458 e. The molecule has 2 aromatic heterocycles. The van der Waals surface area contributed by atoms with Crippen molar-refractivity contribution in [1.29, 1.82) is 0 Å². The average molecular weight is 356 g/mol. The first-order valence-corrected chi connectivity index (χ1v) is 8.34. The SMILES string of the molecule is CCn1cc(NC(=O)Cn2nnc3ccccc32)c(C(=O)OC(C)C)n1. The van der Waals surface area contributed by atoms with Crippen molar-refractivity contribution < 1.29 is 14.3 Å². The number of aryl methyl sites for hydroxylation is 1. The van der Waals surface area contributed by atoms with Gasteiger partial charge in [-0.15, -0.1) is 5.10 Å². The van der Waals surface area contributed by atoms with Crippen molar-refractivity contribution in [2.45, 2.75) is 40.0 Å². The lowest BCUT2D eigenvalue weighted by Gasteiger charge is -2.08. The van der Waals surface area contributed by atoms with Gasteiger partial charge in [-0.25, -0.2) is 9.48 Å². The normalized spacial score (nSPS) is 11.1. The minimum Gasteiger partial charge on any atom is -0.458 e. The molecule has 136 valence electrons. The number of carbonyl (C=O) groups excluding carboxylic acids is 2. The van der Waals surface area contributed by atoms with Crippen molar-refractivity contribution in [3.63, 3.8) is 0 Å². The Morgan fingerprint density at radius 3 is 2.77 bits per heavy atom. The van der Waals surface area contributed by atoms with Crippen LogP contribution >= 0.6 is 0 Å². The van der Waals surface area contributed by atoms with Crippen LogP contribution < -0.4 is 5.32 Å². The number of hydrogen-bond acceptors (Lipinski definition) is 6. The fraction of sp³-hybridized carbons (Fsp3) is 0.353. The zero-order chi connectivity index (χ0) is 18.7. The Morgan fingerprint density at radius 2 is 2.04 bits per heavy atom. The van der Waals surface area contributed by atoms with Gasteiger partial charge in [0.25, 0.3) is 0 Å². The van der Waals surface area contributed by atoms with Crippen molar-refractivity contribution in [2.24, 2.45) is 0 Å². The predicted octanol–water partition coefficient (Wildman–Crippen LogP) is 1.85. The Hall–Kier alpha value is -3.23. The van der Waals surface area contributed by atoms with Crippen LogP contribution in [0.5, 0.6) is 0 Å². The lowest BCUT2D eigenvalue weighted by atomic mass is 10.3. The fourth-order valence-electron chi connectivity index (χ4n) is 2.46. The molecule has 26 heavy (non-hydrogen) atoms. The number of nitrogens with zero attached hydrogens (tertiary/aromatic N) is 5. The molecule has 0 unspecified atom stereocenters. The second-order valence-corrected chi connectivity index (χ2v) is 5.99. The van der Waals surface area contributed by atoms with E-state index in [1.54, 1.807) is 24.7 Å². The summed E-state index contributed by atoms with van der Waals surface area (Å²) in [5.74, 6) is -0.913. The molecule has 0 saturated carbocycles. The van der Waals surface area contributed by atoms with E-state index in [1.165, 1.54) is 4.68 Å². The van der Waals surface area contributed by atoms with E-state index in [9.17, 15) is 9.59 Å². The number of fused-ring (bicyclic) bond motifs is 1. The summed E-state index contributed by atoms with van der Waals surface area (Å²) in [5.41, 5.74) is 1.86. The molecule has 0 aliphatic heterocycles. The number of carbonyl (C=O) groups is 2. The Bertz CT molecular complexity index is 943. The molecule has 0 spiro atoms. The van der Waals surface area contributed by atoms with Gasteiger partial charge in [0.05, 0.1) is 17.3 Å². The maximum Gasteiger partial charge on any atom is 0.361 e. The van der Waals surface area contributed by atoms with Crippen LogP contribution in [-0.4, -0.2) is 42.8 Å². The summed E-state index contributed by atoms with van der Waals surface area (Å²) in [6, 6.07) is 7.36.